The van der Waals surface area contributed by atoms with E-state index in [4.69, 9.17) is 0 Å². The van der Waals surface area contributed by atoms with Crippen molar-refractivity contribution in [2.45, 2.75) is 24.5 Å². The molecule has 2 heterocycles. The predicted molar refractivity (Wildman–Crippen MR) is 112 cm³/mol. The maximum atomic E-state index is 13.3. The average Bonchev–Trinajstić information content (AvgIpc) is 2.73. The van der Waals surface area contributed by atoms with Crippen molar-refractivity contribution < 1.29 is 21.6 Å². The van der Waals surface area contributed by atoms with Crippen molar-refractivity contribution in [2.75, 3.05) is 26.2 Å². The van der Waals surface area contributed by atoms with E-state index >= 15 is 0 Å². The number of pyridine rings is 1. The number of alkyl halides is 3. The summed E-state index contributed by atoms with van der Waals surface area (Å²) in [6, 6.07) is 12.5. The maximum absolute atomic E-state index is 13.3. The molecule has 1 aliphatic heterocycles. The quantitative estimate of drug-likeness (QED) is 0.603. The van der Waals surface area contributed by atoms with Crippen LogP contribution in [0.4, 0.5) is 13.2 Å². The third-order valence-electron chi connectivity index (χ3n) is 5.48. The molecule has 4 rings (SSSR count). The van der Waals surface area contributed by atoms with Crippen molar-refractivity contribution in [2.24, 2.45) is 0 Å². The van der Waals surface area contributed by atoms with Gasteiger partial charge in [0.25, 0.3) is 0 Å². The van der Waals surface area contributed by atoms with E-state index in [0.717, 1.165) is 17.0 Å². The highest BCUT2D eigenvalue weighted by Gasteiger charge is 2.34. The number of hydrogen-bond acceptors (Lipinski definition) is 4. The van der Waals surface area contributed by atoms with Gasteiger partial charge >= 0.3 is 6.18 Å². The lowest BCUT2D eigenvalue weighted by molar-refractivity contribution is -0.138. The zero-order valence-electron chi connectivity index (χ0n) is 16.9. The second kappa shape index (κ2) is 8.22. The lowest BCUT2D eigenvalue weighted by Gasteiger charge is -2.34. The summed E-state index contributed by atoms with van der Waals surface area (Å²) in [7, 11) is -3.77. The molecule has 1 aromatic heterocycles. The van der Waals surface area contributed by atoms with E-state index in [0.29, 0.717) is 18.6 Å². The first-order valence-electron chi connectivity index (χ1n) is 9.89. The summed E-state index contributed by atoms with van der Waals surface area (Å²) >= 11 is 0. The first-order chi connectivity index (χ1) is 14.7. The minimum Gasteiger partial charge on any atom is -0.296 e. The summed E-state index contributed by atoms with van der Waals surface area (Å²) in [4.78, 5) is 6.32. The van der Waals surface area contributed by atoms with Gasteiger partial charge in [0, 0.05) is 44.3 Å². The number of benzene rings is 2. The Bertz CT molecular complexity index is 1200. The van der Waals surface area contributed by atoms with Crippen molar-refractivity contribution in [1.29, 1.82) is 0 Å². The molecule has 2 aromatic carbocycles. The fourth-order valence-electron chi connectivity index (χ4n) is 3.89. The molecule has 164 valence electrons. The fraction of sp³-hybridized carbons (Fsp3) is 0.318. The Morgan fingerprint density at radius 3 is 2.42 bits per heavy atom. The summed E-state index contributed by atoms with van der Waals surface area (Å²) < 4.78 is 67.6. The summed E-state index contributed by atoms with van der Waals surface area (Å²) in [5.41, 5.74) is 0.909. The van der Waals surface area contributed by atoms with Crippen molar-refractivity contribution in [1.82, 2.24) is 14.2 Å². The van der Waals surface area contributed by atoms with Crippen LogP contribution in [0.2, 0.25) is 0 Å². The van der Waals surface area contributed by atoms with Crippen LogP contribution in [0.15, 0.2) is 59.6 Å². The summed E-state index contributed by atoms with van der Waals surface area (Å²) in [5, 5.41) is 0.753. The van der Waals surface area contributed by atoms with Crippen molar-refractivity contribution in [3.63, 3.8) is 0 Å². The third-order valence-corrected chi connectivity index (χ3v) is 7.41. The van der Waals surface area contributed by atoms with Crippen molar-refractivity contribution >= 4 is 20.9 Å². The van der Waals surface area contributed by atoms with Gasteiger partial charge in [0.2, 0.25) is 10.0 Å². The number of aromatic nitrogens is 1. The number of piperazine rings is 1. The lowest BCUT2D eigenvalue weighted by Crippen LogP contribution is -2.48. The molecule has 9 heteroatoms. The highest BCUT2D eigenvalue weighted by molar-refractivity contribution is 7.89. The predicted octanol–water partition coefficient (Wildman–Crippen LogP) is 4.07. The topological polar surface area (TPSA) is 53.5 Å². The first kappa shape index (κ1) is 21.7. The summed E-state index contributed by atoms with van der Waals surface area (Å²) in [6.07, 6.45) is -2.78. The number of para-hydroxylation sites is 1. The van der Waals surface area contributed by atoms with Crippen LogP contribution >= 0.6 is 0 Å². The number of halogens is 3. The average molecular weight is 449 g/mol. The molecule has 0 aliphatic carbocycles. The van der Waals surface area contributed by atoms with Crippen LogP contribution in [-0.2, 0) is 22.7 Å². The van der Waals surface area contributed by atoms with Crippen molar-refractivity contribution in [3.8, 4) is 0 Å². The number of fused-ring (bicyclic) bond motifs is 1. The lowest BCUT2D eigenvalue weighted by atomic mass is 10.1. The van der Waals surface area contributed by atoms with E-state index in [1.165, 1.54) is 16.4 Å². The van der Waals surface area contributed by atoms with Crippen LogP contribution in [0.25, 0.3) is 10.9 Å². The van der Waals surface area contributed by atoms with Crippen LogP contribution in [0, 0.1) is 6.92 Å². The molecule has 0 amide bonds. The molecule has 31 heavy (non-hydrogen) atoms. The van der Waals surface area contributed by atoms with Gasteiger partial charge in [-0.3, -0.25) is 9.88 Å². The SMILES string of the molecule is Cc1cnc2c(S(=O)(=O)N3CCN(Cc4ccccc4C(F)(F)F)CC3)cccc2c1. The Kier molecular flexibility index (Phi) is 5.76. The van der Waals surface area contributed by atoms with Gasteiger partial charge in [0.15, 0.2) is 0 Å². The molecular weight excluding hydrogens is 427 g/mol. The number of sulfonamides is 1. The minimum atomic E-state index is -4.42. The minimum absolute atomic E-state index is 0.124. The molecule has 0 bridgehead atoms. The van der Waals surface area contributed by atoms with E-state index in [-0.39, 0.29) is 30.1 Å². The normalized spacial score (nSPS) is 16.6. The van der Waals surface area contributed by atoms with Gasteiger partial charge in [0.1, 0.15) is 4.90 Å². The Labute approximate surface area is 179 Å². The molecule has 0 spiro atoms. The van der Waals surface area contributed by atoms with E-state index in [9.17, 15) is 21.6 Å². The van der Waals surface area contributed by atoms with E-state index in [1.54, 1.807) is 24.4 Å². The number of hydrogen-bond donors (Lipinski definition) is 0. The summed E-state index contributed by atoms with van der Waals surface area (Å²) in [5.74, 6) is 0. The van der Waals surface area contributed by atoms with Gasteiger partial charge in [0.05, 0.1) is 11.1 Å². The molecule has 0 atom stereocenters. The van der Waals surface area contributed by atoms with E-state index < -0.39 is 21.8 Å². The molecule has 1 aliphatic rings. The number of rotatable bonds is 4. The van der Waals surface area contributed by atoms with Gasteiger partial charge in [-0.05, 0) is 36.2 Å². The molecule has 0 saturated carbocycles. The number of aryl methyl sites for hydroxylation is 1. The Balaban J connectivity index is 1.51. The monoisotopic (exact) mass is 449 g/mol. The Hall–Kier alpha value is -2.49. The zero-order valence-corrected chi connectivity index (χ0v) is 17.7. The molecule has 1 saturated heterocycles. The van der Waals surface area contributed by atoms with Crippen LogP contribution in [0.3, 0.4) is 0 Å². The fourth-order valence-corrected chi connectivity index (χ4v) is 5.48. The van der Waals surface area contributed by atoms with E-state index in [1.807, 2.05) is 24.0 Å². The first-order valence-corrected chi connectivity index (χ1v) is 11.3. The van der Waals surface area contributed by atoms with Crippen LogP contribution < -0.4 is 0 Å². The van der Waals surface area contributed by atoms with Crippen LogP contribution in [0.5, 0.6) is 0 Å². The molecular formula is C22H22F3N3O2S. The summed E-state index contributed by atoms with van der Waals surface area (Å²) in [6.45, 7) is 3.13. The van der Waals surface area contributed by atoms with Gasteiger partial charge < -0.3 is 0 Å². The zero-order chi connectivity index (χ0) is 22.2. The maximum Gasteiger partial charge on any atom is 0.416 e. The second-order valence-corrected chi connectivity index (χ2v) is 9.58. The van der Waals surface area contributed by atoms with E-state index in [2.05, 4.69) is 4.98 Å². The molecule has 0 radical (unpaired) electrons. The number of nitrogens with zero attached hydrogens (tertiary/aromatic N) is 3. The highest BCUT2D eigenvalue weighted by Crippen LogP contribution is 2.33. The molecule has 0 unspecified atom stereocenters. The van der Waals surface area contributed by atoms with Gasteiger partial charge in [-0.2, -0.15) is 17.5 Å². The van der Waals surface area contributed by atoms with Crippen LogP contribution in [-0.4, -0.2) is 48.8 Å². The molecule has 3 aromatic rings. The van der Waals surface area contributed by atoms with Gasteiger partial charge in [-0.25, -0.2) is 8.42 Å². The van der Waals surface area contributed by atoms with Gasteiger partial charge in [-0.15, -0.1) is 0 Å². The van der Waals surface area contributed by atoms with Crippen molar-refractivity contribution in [3.05, 3.63) is 71.4 Å². The highest BCUT2D eigenvalue weighted by atomic mass is 32.2. The second-order valence-electron chi connectivity index (χ2n) is 7.68. The Morgan fingerprint density at radius 1 is 1.00 bits per heavy atom. The molecule has 0 N–H and O–H groups in total. The third kappa shape index (κ3) is 4.44. The smallest absolute Gasteiger partial charge is 0.296 e. The van der Waals surface area contributed by atoms with Gasteiger partial charge in [-0.1, -0.05) is 30.3 Å². The molecule has 1 fully saturated rings. The van der Waals surface area contributed by atoms with Crippen LogP contribution in [0.1, 0.15) is 16.7 Å². The molecule has 5 nitrogen and oxygen atoms in total. The standard InChI is InChI=1S/C22H22F3N3O2S/c1-16-13-17-6-4-8-20(21(17)26-14-16)31(29,30)28-11-9-27(10-12-28)15-18-5-2-3-7-19(18)22(23,24)25/h2-8,13-14H,9-12,15H2,1H3. The Morgan fingerprint density at radius 2 is 1.71 bits per heavy atom. The largest absolute Gasteiger partial charge is 0.416 e.